The number of rotatable bonds is 7. The van der Waals surface area contributed by atoms with Gasteiger partial charge in [-0.25, -0.2) is 13.6 Å². The van der Waals surface area contributed by atoms with Crippen LogP contribution >= 0.6 is 15.9 Å². The summed E-state index contributed by atoms with van der Waals surface area (Å²) in [4.78, 5) is 19.6. The Morgan fingerprint density at radius 2 is 1.94 bits per heavy atom. The van der Waals surface area contributed by atoms with Gasteiger partial charge in [0.1, 0.15) is 0 Å². The van der Waals surface area contributed by atoms with Crippen molar-refractivity contribution in [1.82, 2.24) is 15.2 Å². The van der Waals surface area contributed by atoms with E-state index in [4.69, 9.17) is 4.74 Å². The quantitative estimate of drug-likeness (QED) is 0.449. The van der Waals surface area contributed by atoms with Crippen LogP contribution in [0.4, 0.5) is 19.3 Å². The molecular formula is C25H25BrF2N4O2. The van der Waals surface area contributed by atoms with Crippen LogP contribution in [0.2, 0.25) is 0 Å². The molecule has 34 heavy (non-hydrogen) atoms. The summed E-state index contributed by atoms with van der Waals surface area (Å²) in [5.41, 5.74) is 2.70. The van der Waals surface area contributed by atoms with E-state index in [0.717, 1.165) is 16.1 Å². The summed E-state index contributed by atoms with van der Waals surface area (Å²) in [6.07, 6.45) is 1.68. The van der Waals surface area contributed by atoms with E-state index in [9.17, 15) is 13.6 Å². The summed E-state index contributed by atoms with van der Waals surface area (Å²) in [5.74, 6) is -1.99. The number of benzene rings is 2. The molecule has 6 nitrogen and oxygen atoms in total. The summed E-state index contributed by atoms with van der Waals surface area (Å²) >= 11 is 3.41. The van der Waals surface area contributed by atoms with E-state index in [1.165, 1.54) is 6.07 Å². The normalized spacial score (nSPS) is 18.1. The molecule has 2 N–H and O–H groups in total. The molecule has 1 saturated heterocycles. The molecular weight excluding hydrogens is 506 g/mol. The van der Waals surface area contributed by atoms with Crippen LogP contribution in [-0.2, 0) is 4.74 Å². The maximum Gasteiger partial charge on any atom is 0.319 e. The van der Waals surface area contributed by atoms with Crippen LogP contribution in [0, 0.1) is 11.6 Å². The van der Waals surface area contributed by atoms with E-state index >= 15 is 0 Å². The van der Waals surface area contributed by atoms with Gasteiger partial charge in [0.25, 0.3) is 0 Å². The minimum Gasteiger partial charge on any atom is -0.383 e. The first kappa shape index (κ1) is 24.3. The van der Waals surface area contributed by atoms with Crippen molar-refractivity contribution in [3.05, 3.63) is 82.5 Å². The fourth-order valence-electron chi connectivity index (χ4n) is 4.20. The van der Waals surface area contributed by atoms with Crippen LogP contribution in [0.1, 0.15) is 11.5 Å². The third kappa shape index (κ3) is 5.78. The second-order valence-electron chi connectivity index (χ2n) is 8.15. The van der Waals surface area contributed by atoms with Crippen molar-refractivity contribution >= 4 is 27.6 Å². The van der Waals surface area contributed by atoms with Crippen molar-refractivity contribution in [3.63, 3.8) is 0 Å². The lowest BCUT2D eigenvalue weighted by molar-refractivity contribution is 0.159. The van der Waals surface area contributed by atoms with Crippen molar-refractivity contribution in [2.24, 2.45) is 0 Å². The Balaban J connectivity index is 1.53. The SMILES string of the molecule is COCCN1C[C@@H](NC(=O)Nc2cc(Br)cnc2-c2ccccc2)[C@H](c2ccc(F)c(F)c2)C1. The van der Waals surface area contributed by atoms with Crippen LogP contribution in [0.25, 0.3) is 11.3 Å². The fourth-order valence-corrected chi connectivity index (χ4v) is 4.53. The smallest absolute Gasteiger partial charge is 0.319 e. The zero-order valence-electron chi connectivity index (χ0n) is 18.6. The molecule has 0 radical (unpaired) electrons. The Labute approximate surface area is 205 Å². The maximum absolute atomic E-state index is 13.9. The molecule has 178 valence electrons. The van der Waals surface area contributed by atoms with Gasteiger partial charge in [0.2, 0.25) is 0 Å². The monoisotopic (exact) mass is 530 g/mol. The number of carbonyl (C=O) groups excluding carboxylic acids is 1. The average Bonchev–Trinajstić information content (AvgIpc) is 3.22. The van der Waals surface area contributed by atoms with Crippen LogP contribution in [0.3, 0.4) is 0 Å². The first-order chi connectivity index (χ1) is 16.4. The van der Waals surface area contributed by atoms with Gasteiger partial charge in [0, 0.05) is 48.9 Å². The standard InChI is InChI=1S/C25H25BrF2N4O2/c1-34-10-9-32-14-19(17-7-8-20(27)21(28)11-17)23(15-32)31-25(33)30-22-12-18(26)13-29-24(22)16-5-3-2-4-6-16/h2-8,11-13,19,23H,9-10,14-15H2,1H3,(H2,30,31,33)/t19-,23+/m0/s1. The molecule has 3 aromatic rings. The van der Waals surface area contributed by atoms with E-state index < -0.39 is 17.7 Å². The second-order valence-corrected chi connectivity index (χ2v) is 9.07. The highest BCUT2D eigenvalue weighted by Gasteiger charge is 2.35. The highest BCUT2D eigenvalue weighted by molar-refractivity contribution is 9.10. The maximum atomic E-state index is 13.9. The largest absolute Gasteiger partial charge is 0.383 e. The molecule has 1 aliphatic heterocycles. The lowest BCUT2D eigenvalue weighted by Gasteiger charge is -2.21. The number of nitrogens with one attached hydrogen (secondary N) is 2. The first-order valence-electron chi connectivity index (χ1n) is 10.9. The highest BCUT2D eigenvalue weighted by atomic mass is 79.9. The Bertz CT molecular complexity index is 1150. The summed E-state index contributed by atoms with van der Waals surface area (Å²) in [6.45, 7) is 2.35. The number of carbonyl (C=O) groups is 1. The molecule has 4 rings (SSSR count). The molecule has 1 aromatic heterocycles. The van der Waals surface area contributed by atoms with Crippen LogP contribution < -0.4 is 10.6 Å². The first-order valence-corrected chi connectivity index (χ1v) is 11.7. The van der Waals surface area contributed by atoms with Crippen molar-refractivity contribution < 1.29 is 18.3 Å². The Kier molecular flexibility index (Phi) is 7.87. The molecule has 1 fully saturated rings. The number of pyridine rings is 1. The molecule has 2 aromatic carbocycles. The number of urea groups is 1. The number of anilines is 1. The zero-order valence-corrected chi connectivity index (χ0v) is 20.2. The van der Waals surface area contributed by atoms with E-state index in [-0.39, 0.29) is 12.0 Å². The molecule has 0 bridgehead atoms. The van der Waals surface area contributed by atoms with Gasteiger partial charge in [0.05, 0.1) is 24.0 Å². The number of halogens is 3. The molecule has 0 saturated carbocycles. The van der Waals surface area contributed by atoms with Gasteiger partial charge in [0.15, 0.2) is 11.6 Å². The van der Waals surface area contributed by atoms with Gasteiger partial charge >= 0.3 is 6.03 Å². The second kappa shape index (κ2) is 11.0. The minimum atomic E-state index is -0.899. The number of likely N-dealkylation sites (tertiary alicyclic amines) is 1. The average molecular weight is 531 g/mol. The summed E-state index contributed by atoms with van der Waals surface area (Å²) in [6, 6.07) is 14.6. The van der Waals surface area contributed by atoms with Crippen molar-refractivity contribution in [3.8, 4) is 11.3 Å². The predicted octanol–water partition coefficient (Wildman–Crippen LogP) is 5.03. The summed E-state index contributed by atoms with van der Waals surface area (Å²) in [5, 5.41) is 5.93. The Hall–Kier alpha value is -2.88. The molecule has 0 spiro atoms. The topological polar surface area (TPSA) is 66.5 Å². The third-order valence-corrected chi connectivity index (χ3v) is 6.28. The van der Waals surface area contributed by atoms with Crippen molar-refractivity contribution in [2.45, 2.75) is 12.0 Å². The molecule has 2 amide bonds. The minimum absolute atomic E-state index is 0.202. The molecule has 0 aliphatic carbocycles. The molecule has 1 aliphatic rings. The number of aromatic nitrogens is 1. The zero-order chi connectivity index (χ0) is 24.1. The van der Waals surface area contributed by atoms with Gasteiger partial charge in [-0.2, -0.15) is 0 Å². The lowest BCUT2D eigenvalue weighted by atomic mass is 9.94. The van der Waals surface area contributed by atoms with E-state index in [2.05, 4.69) is 36.4 Å². The molecule has 9 heteroatoms. The van der Waals surface area contributed by atoms with E-state index in [1.54, 1.807) is 25.4 Å². The van der Waals surface area contributed by atoms with Crippen LogP contribution in [-0.4, -0.2) is 55.3 Å². The Morgan fingerprint density at radius 1 is 1.15 bits per heavy atom. The number of hydrogen-bond acceptors (Lipinski definition) is 4. The fraction of sp³-hybridized carbons (Fsp3) is 0.280. The van der Waals surface area contributed by atoms with Gasteiger partial charge < -0.3 is 15.4 Å². The summed E-state index contributed by atoms with van der Waals surface area (Å²) < 4.78 is 33.3. The Morgan fingerprint density at radius 3 is 2.68 bits per heavy atom. The van der Waals surface area contributed by atoms with Crippen molar-refractivity contribution in [2.75, 3.05) is 38.7 Å². The molecule has 2 heterocycles. The molecule has 2 atom stereocenters. The predicted molar refractivity (Wildman–Crippen MR) is 131 cm³/mol. The number of hydrogen-bond donors (Lipinski definition) is 2. The molecule has 0 unspecified atom stereocenters. The van der Waals surface area contributed by atoms with Gasteiger partial charge in [-0.05, 0) is 39.7 Å². The third-order valence-electron chi connectivity index (χ3n) is 5.85. The van der Waals surface area contributed by atoms with Crippen LogP contribution in [0.15, 0.2) is 65.3 Å². The lowest BCUT2D eigenvalue weighted by Crippen LogP contribution is -2.42. The van der Waals surface area contributed by atoms with Gasteiger partial charge in [-0.15, -0.1) is 0 Å². The number of methoxy groups -OCH3 is 1. The number of amides is 2. The van der Waals surface area contributed by atoms with Gasteiger partial charge in [-0.3, -0.25) is 9.88 Å². The number of nitrogens with zero attached hydrogens (tertiary/aromatic N) is 2. The van der Waals surface area contributed by atoms with E-state index in [1.807, 2.05) is 30.3 Å². The van der Waals surface area contributed by atoms with Gasteiger partial charge in [-0.1, -0.05) is 36.4 Å². The highest BCUT2D eigenvalue weighted by Crippen LogP contribution is 2.30. The van der Waals surface area contributed by atoms with Crippen molar-refractivity contribution in [1.29, 1.82) is 0 Å². The summed E-state index contributed by atoms with van der Waals surface area (Å²) in [7, 11) is 1.63. The number of ether oxygens (including phenoxy) is 1. The van der Waals surface area contributed by atoms with Crippen LogP contribution in [0.5, 0.6) is 0 Å². The van der Waals surface area contributed by atoms with E-state index in [0.29, 0.717) is 43.2 Å².